The van der Waals surface area contributed by atoms with Crippen LogP contribution in [0.15, 0.2) is 147 Å². The minimum atomic E-state index is -4.35. The zero-order valence-corrected chi connectivity index (χ0v) is 71.4. The predicted molar refractivity (Wildman–Crippen MR) is 448 cm³/mol. The van der Waals surface area contributed by atoms with E-state index in [-0.39, 0.29) is 67.3 Å². The average Bonchev–Trinajstić information content (AvgIpc) is 0.802. The van der Waals surface area contributed by atoms with Gasteiger partial charge in [0.25, 0.3) is 21.8 Å². The first-order valence-corrected chi connectivity index (χ1v) is 44.4. The van der Waals surface area contributed by atoms with Crippen molar-refractivity contribution in [3.05, 3.63) is 149 Å². The van der Waals surface area contributed by atoms with Gasteiger partial charge in [-0.15, -0.1) is 0 Å². The highest BCUT2D eigenvalue weighted by atomic mass is 35.5. The highest BCUT2D eigenvalue weighted by molar-refractivity contribution is 7.92. The molecule has 0 saturated heterocycles. The second-order valence-electron chi connectivity index (χ2n) is 31.4. The first kappa shape index (κ1) is 92.6. The van der Waals surface area contributed by atoms with Gasteiger partial charge in [0.2, 0.25) is 20.0 Å². The SMILES string of the molecule is CCCCCCCCCCCCOc1ccc(S(=O)(=O)Nc2ccccc2)cc1NC(=O)C(=Nc1ccc(N(CC)CCNS(C)(=O)=O)cc1C)C(=O)C(C)(C)C.CCN(CCNS(C)(=O)=O)c1ccc(N=C(C(=O)Nc2cc(S(=O)(=O)Oc3ccc(C(C)(C)CC(C)(C)C)cc3)ccc2Cl)C(=O)C(C)(C)C)c(C)c1. The lowest BCUT2D eigenvalue weighted by atomic mass is 9.72. The van der Waals surface area contributed by atoms with Gasteiger partial charge in [-0.3, -0.25) is 23.9 Å². The van der Waals surface area contributed by atoms with Gasteiger partial charge < -0.3 is 29.4 Å². The number of Topliss-reactive ketones (excluding diaryl/α,β-unsaturated/α-hetero) is 2. The molecule has 0 aliphatic rings. The zero-order chi connectivity index (χ0) is 82.2. The third kappa shape index (κ3) is 30.6. The van der Waals surface area contributed by atoms with E-state index in [9.17, 15) is 52.8 Å². The van der Waals surface area contributed by atoms with E-state index in [1.54, 1.807) is 115 Å². The molecular formula is C82H116ClN9O14S4. The van der Waals surface area contributed by atoms with Crippen molar-refractivity contribution >= 4 is 126 Å². The van der Waals surface area contributed by atoms with Crippen LogP contribution in [0, 0.1) is 30.1 Å². The standard InChI is InChI=1S/C43H63N5O7S2.C39H53ClN4O7S2/c1-8-10-11-12-13-14-15-16-17-21-30-55-39-27-25-36(57(53,54)47-34-22-19-18-20-23-34)32-38(39)46-42(50)40(41(49)43(4,5)6)45-37-26-24-35(31-33(37)3)48(9-2)29-28-44-56(7,51)52;1-12-44(22-21-41-52(11,47)48)28-15-20-32(26(2)23-28)42-34(35(45)38(6,7)8)36(46)43-33-24-30(18-19-31(33)40)53(49,50)51-29-16-13-27(14-17-29)39(9,10)25-37(3,4)5/h18-20,22-27,31-32,44,47H,8-17,21,28-30H2,1-7H3,(H,46,50);13-20,23-24,41H,12,21-22,25H2,1-11H3,(H,43,46). The summed E-state index contributed by atoms with van der Waals surface area (Å²) in [5.41, 5.74) is 2.45. The Morgan fingerprint density at radius 1 is 0.509 bits per heavy atom. The molecule has 110 heavy (non-hydrogen) atoms. The number of anilines is 5. The van der Waals surface area contributed by atoms with Crippen molar-refractivity contribution < 1.29 is 61.8 Å². The molecule has 0 heterocycles. The molecule has 5 N–H and O–H groups in total. The number of hydrogen-bond acceptors (Lipinski definition) is 18. The largest absolute Gasteiger partial charge is 0.491 e. The fraction of sp³-hybridized carbons (Fsp3) is 0.488. The van der Waals surface area contributed by atoms with E-state index >= 15 is 0 Å². The van der Waals surface area contributed by atoms with Crippen LogP contribution in [-0.4, -0.2) is 127 Å². The summed E-state index contributed by atoms with van der Waals surface area (Å²) in [6.07, 6.45) is 14.7. The molecule has 6 aromatic rings. The number of ether oxygens (including phenoxy) is 1. The number of amides is 2. The molecule has 0 aromatic heterocycles. The number of carbonyl (C=O) groups is 4. The topological polar surface area (TPSA) is 315 Å². The number of aliphatic imine (C=N–C) groups is 2. The second kappa shape index (κ2) is 40.9. The molecule has 6 rings (SSSR count). The molecule has 28 heteroatoms. The summed E-state index contributed by atoms with van der Waals surface area (Å²) in [4.78, 5) is 68.1. The number of carbonyl (C=O) groups excluding carboxylic acids is 4. The Bertz CT molecular complexity index is 4670. The van der Waals surface area contributed by atoms with Crippen molar-refractivity contribution in [1.29, 1.82) is 0 Å². The number of rotatable bonds is 40. The number of nitrogens with one attached hydrogen (secondary N) is 5. The first-order chi connectivity index (χ1) is 51.2. The summed E-state index contributed by atoms with van der Waals surface area (Å²) in [6, 6.07) is 34.1. The molecule has 0 aliphatic heterocycles. The molecule has 0 radical (unpaired) electrons. The van der Waals surface area contributed by atoms with Gasteiger partial charge in [0.1, 0.15) is 16.4 Å². The van der Waals surface area contributed by atoms with Gasteiger partial charge in [-0.05, 0) is 165 Å². The van der Waals surface area contributed by atoms with Gasteiger partial charge in [-0.2, -0.15) is 8.42 Å². The Morgan fingerprint density at radius 2 is 0.955 bits per heavy atom. The monoisotopic (exact) mass is 1610 g/mol. The van der Waals surface area contributed by atoms with Crippen LogP contribution >= 0.6 is 11.6 Å². The van der Waals surface area contributed by atoms with Crippen molar-refractivity contribution in [2.24, 2.45) is 26.2 Å². The van der Waals surface area contributed by atoms with Gasteiger partial charge in [-0.1, -0.05) is 183 Å². The summed E-state index contributed by atoms with van der Waals surface area (Å²) in [6.45, 7) is 33.5. The van der Waals surface area contributed by atoms with E-state index in [0.717, 1.165) is 55.1 Å². The number of unbranched alkanes of at least 4 members (excludes halogenated alkanes) is 9. The van der Waals surface area contributed by atoms with Crippen molar-refractivity contribution in [3.63, 3.8) is 0 Å². The smallest absolute Gasteiger partial charge is 0.339 e. The Morgan fingerprint density at radius 3 is 1.39 bits per heavy atom. The number of nitrogens with zero attached hydrogens (tertiary/aromatic N) is 4. The Hall–Kier alpha value is -8.05. The lowest BCUT2D eigenvalue weighted by Gasteiger charge is -2.33. The minimum Gasteiger partial charge on any atom is -0.491 e. The van der Waals surface area contributed by atoms with Crippen LogP contribution < -0.4 is 43.5 Å². The summed E-state index contributed by atoms with van der Waals surface area (Å²) in [5.74, 6) is -2.34. The van der Waals surface area contributed by atoms with Crippen LogP contribution in [0.5, 0.6) is 11.5 Å². The maximum absolute atomic E-state index is 14.2. The van der Waals surface area contributed by atoms with Crippen molar-refractivity contribution in [3.8, 4) is 11.5 Å². The molecule has 23 nitrogen and oxygen atoms in total. The van der Waals surface area contributed by atoms with Gasteiger partial charge in [0.05, 0.1) is 51.8 Å². The molecule has 0 saturated carbocycles. The van der Waals surface area contributed by atoms with E-state index in [2.05, 4.69) is 76.3 Å². The van der Waals surface area contributed by atoms with E-state index in [1.165, 1.54) is 81.3 Å². The maximum Gasteiger partial charge on any atom is 0.339 e. The Balaban J connectivity index is 0.000000395. The summed E-state index contributed by atoms with van der Waals surface area (Å²) in [5, 5.41) is 5.40. The number of aryl methyl sites for hydroxylation is 2. The molecule has 0 atom stereocenters. The Kier molecular flexibility index (Phi) is 34.4. The molecule has 0 fully saturated rings. The number of sulfonamides is 3. The summed E-state index contributed by atoms with van der Waals surface area (Å²) in [7, 11) is -15.1. The van der Waals surface area contributed by atoms with E-state index in [4.69, 9.17) is 20.5 Å². The number of likely N-dealkylation sites (N-methyl/N-ethyl adjacent to an activating group) is 2. The fourth-order valence-electron chi connectivity index (χ4n) is 12.0. The molecule has 0 aliphatic carbocycles. The molecule has 0 bridgehead atoms. The van der Waals surface area contributed by atoms with E-state index in [0.29, 0.717) is 61.0 Å². The van der Waals surface area contributed by atoms with Crippen LogP contribution in [0.1, 0.15) is 184 Å². The van der Waals surface area contributed by atoms with Crippen LogP contribution in [0.25, 0.3) is 0 Å². The Labute approximate surface area is 660 Å². The van der Waals surface area contributed by atoms with E-state index < -0.39 is 80.1 Å². The lowest BCUT2D eigenvalue weighted by molar-refractivity contribution is -0.122. The van der Waals surface area contributed by atoms with Gasteiger partial charge >= 0.3 is 10.1 Å². The maximum atomic E-state index is 14.2. The molecule has 6 aromatic carbocycles. The van der Waals surface area contributed by atoms with Crippen molar-refractivity contribution in [2.45, 2.75) is 197 Å². The second-order valence-corrected chi connectivity index (χ2v) is 38.7. The molecular weight excluding hydrogens is 1500 g/mol. The third-order valence-electron chi connectivity index (χ3n) is 17.6. The first-order valence-electron chi connectivity index (χ1n) is 37.4. The fourth-order valence-corrected chi connectivity index (χ4v) is 15.2. The van der Waals surface area contributed by atoms with Gasteiger partial charge in [-0.25, -0.2) is 44.7 Å². The molecule has 2 amide bonds. The zero-order valence-electron chi connectivity index (χ0n) is 67.4. The number of benzene rings is 6. The highest BCUT2D eigenvalue weighted by Crippen LogP contribution is 2.38. The average molecular weight is 1620 g/mol. The quantitative estimate of drug-likeness (QED) is 0.0103. The summed E-state index contributed by atoms with van der Waals surface area (Å²) >= 11 is 6.42. The predicted octanol–water partition coefficient (Wildman–Crippen LogP) is 16.6. The molecule has 604 valence electrons. The van der Waals surface area contributed by atoms with Crippen molar-refractivity contribution in [2.75, 3.05) is 83.5 Å². The van der Waals surface area contributed by atoms with Gasteiger partial charge in [0, 0.05) is 67.2 Å². The van der Waals surface area contributed by atoms with Crippen molar-refractivity contribution in [1.82, 2.24) is 9.44 Å². The lowest BCUT2D eigenvalue weighted by Crippen LogP contribution is -2.37. The van der Waals surface area contributed by atoms with Crippen LogP contribution in [0.2, 0.25) is 5.02 Å². The highest BCUT2D eigenvalue weighted by Gasteiger charge is 2.35. The van der Waals surface area contributed by atoms with E-state index in [1.807, 2.05) is 54.8 Å². The number of hydrogen-bond donors (Lipinski definition) is 5. The van der Waals surface area contributed by atoms with Gasteiger partial charge in [0.15, 0.2) is 23.0 Å². The normalized spacial score (nSPS) is 12.7. The van der Waals surface area contributed by atoms with Crippen LogP contribution in [0.3, 0.4) is 0 Å². The number of para-hydroxylation sites is 1. The third-order valence-corrected chi connectivity index (χ3v) is 22.0. The number of halogens is 1. The summed E-state index contributed by atoms with van der Waals surface area (Å²) < 4.78 is 119. The minimum absolute atomic E-state index is 0.0378. The number of ketones is 2. The molecule has 0 unspecified atom stereocenters. The van der Waals surface area contributed by atoms with Crippen LogP contribution in [-0.2, 0) is 64.8 Å². The molecule has 0 spiro atoms. The van der Waals surface area contributed by atoms with Crippen LogP contribution in [0.4, 0.5) is 39.8 Å².